The first-order chi connectivity index (χ1) is 6.12. The first-order valence-corrected chi connectivity index (χ1v) is 4.66. The lowest BCUT2D eigenvalue weighted by molar-refractivity contribution is -0.278. The molecule has 0 N–H and O–H groups in total. The molecular formula is C9H12O4. The van der Waals surface area contributed by atoms with Crippen LogP contribution in [0.4, 0.5) is 0 Å². The third-order valence-electron chi connectivity index (χ3n) is 3.21. The molecule has 0 radical (unpaired) electrons. The molecule has 3 aliphatic heterocycles. The molecule has 13 heavy (non-hydrogen) atoms. The minimum Gasteiger partial charge on any atom is -0.459 e. The molecule has 0 saturated carbocycles. The van der Waals surface area contributed by atoms with Gasteiger partial charge in [0.25, 0.3) is 0 Å². The van der Waals surface area contributed by atoms with E-state index in [1.54, 1.807) is 0 Å². The van der Waals surface area contributed by atoms with Crippen LogP contribution in [0.15, 0.2) is 0 Å². The van der Waals surface area contributed by atoms with Gasteiger partial charge in [-0.05, 0) is 6.92 Å². The molecule has 3 fully saturated rings. The van der Waals surface area contributed by atoms with Gasteiger partial charge in [0, 0.05) is 12.8 Å². The quantitative estimate of drug-likeness (QED) is 0.517. The fourth-order valence-corrected chi connectivity index (χ4v) is 2.63. The van der Waals surface area contributed by atoms with Crippen molar-refractivity contribution in [3.63, 3.8) is 0 Å². The lowest BCUT2D eigenvalue weighted by Crippen LogP contribution is -2.43. The van der Waals surface area contributed by atoms with Gasteiger partial charge in [0.2, 0.25) is 0 Å². The van der Waals surface area contributed by atoms with Crippen molar-refractivity contribution < 1.29 is 19.0 Å². The average molecular weight is 184 g/mol. The smallest absolute Gasteiger partial charge is 0.309 e. The van der Waals surface area contributed by atoms with Crippen molar-refractivity contribution in [2.45, 2.75) is 43.7 Å². The highest BCUT2D eigenvalue weighted by Gasteiger charge is 2.63. The number of hydrogen-bond donors (Lipinski definition) is 0. The zero-order valence-corrected chi connectivity index (χ0v) is 7.54. The first kappa shape index (κ1) is 7.76. The van der Waals surface area contributed by atoms with Crippen molar-refractivity contribution in [2.75, 3.05) is 6.61 Å². The molecule has 0 aliphatic carbocycles. The SMILES string of the molecule is C[C@@]12C[C@@H]3OC(=O)C[C@]3(CCO1)O2. The summed E-state index contributed by atoms with van der Waals surface area (Å²) in [5.74, 6) is -0.641. The number of ether oxygens (including phenoxy) is 3. The number of carbonyl (C=O) groups excluding carboxylic acids is 1. The van der Waals surface area contributed by atoms with E-state index in [2.05, 4.69) is 0 Å². The number of carbonyl (C=O) groups is 1. The summed E-state index contributed by atoms with van der Waals surface area (Å²) in [6, 6.07) is 0. The first-order valence-electron chi connectivity index (χ1n) is 4.66. The average Bonchev–Trinajstić information content (AvgIpc) is 2.33. The summed E-state index contributed by atoms with van der Waals surface area (Å²) in [6.45, 7) is 2.59. The Labute approximate surface area is 76.1 Å². The third-order valence-corrected chi connectivity index (χ3v) is 3.21. The zero-order chi connectivity index (χ0) is 9.10. The maximum Gasteiger partial charge on any atom is 0.309 e. The molecular weight excluding hydrogens is 172 g/mol. The Balaban J connectivity index is 1.97. The van der Waals surface area contributed by atoms with Crippen LogP contribution in [-0.2, 0) is 19.0 Å². The number of fused-ring (bicyclic) bond motifs is 1. The van der Waals surface area contributed by atoms with Crippen LogP contribution in [0.2, 0.25) is 0 Å². The molecule has 0 unspecified atom stereocenters. The van der Waals surface area contributed by atoms with Gasteiger partial charge >= 0.3 is 5.97 Å². The summed E-state index contributed by atoms with van der Waals surface area (Å²) >= 11 is 0. The number of rotatable bonds is 0. The lowest BCUT2D eigenvalue weighted by atomic mass is 9.92. The van der Waals surface area contributed by atoms with Gasteiger partial charge in [-0.3, -0.25) is 4.79 Å². The van der Waals surface area contributed by atoms with Gasteiger partial charge in [0.15, 0.2) is 5.79 Å². The van der Waals surface area contributed by atoms with E-state index in [-0.39, 0.29) is 17.7 Å². The maximum absolute atomic E-state index is 11.1. The van der Waals surface area contributed by atoms with Crippen molar-refractivity contribution >= 4 is 5.97 Å². The Morgan fingerprint density at radius 2 is 2.38 bits per heavy atom. The summed E-state index contributed by atoms with van der Waals surface area (Å²) < 4.78 is 16.5. The number of hydrogen-bond acceptors (Lipinski definition) is 4. The predicted octanol–water partition coefficient (Wildman–Crippen LogP) is 0.598. The molecule has 2 bridgehead atoms. The van der Waals surface area contributed by atoms with Gasteiger partial charge in [-0.2, -0.15) is 0 Å². The Morgan fingerprint density at radius 1 is 1.54 bits per heavy atom. The molecule has 0 aromatic rings. The van der Waals surface area contributed by atoms with Gasteiger partial charge in [0.05, 0.1) is 13.0 Å². The van der Waals surface area contributed by atoms with E-state index >= 15 is 0 Å². The predicted molar refractivity (Wildman–Crippen MR) is 41.9 cm³/mol. The van der Waals surface area contributed by atoms with Gasteiger partial charge in [-0.1, -0.05) is 0 Å². The van der Waals surface area contributed by atoms with Crippen molar-refractivity contribution in [2.24, 2.45) is 0 Å². The van der Waals surface area contributed by atoms with E-state index in [1.165, 1.54) is 0 Å². The van der Waals surface area contributed by atoms with Gasteiger partial charge in [0.1, 0.15) is 11.7 Å². The molecule has 3 saturated heterocycles. The fraction of sp³-hybridized carbons (Fsp3) is 0.889. The van der Waals surface area contributed by atoms with E-state index in [4.69, 9.17) is 14.2 Å². The second kappa shape index (κ2) is 2.07. The summed E-state index contributed by atoms with van der Waals surface area (Å²) in [5, 5.41) is 0. The summed E-state index contributed by atoms with van der Waals surface area (Å²) in [4.78, 5) is 11.1. The molecule has 4 nitrogen and oxygen atoms in total. The minimum absolute atomic E-state index is 0.0764. The molecule has 0 amide bonds. The molecule has 1 spiro atoms. The number of esters is 1. The van der Waals surface area contributed by atoms with Crippen LogP contribution in [0.3, 0.4) is 0 Å². The highest BCUT2D eigenvalue weighted by molar-refractivity contribution is 5.74. The van der Waals surface area contributed by atoms with Crippen molar-refractivity contribution in [3.8, 4) is 0 Å². The van der Waals surface area contributed by atoms with Gasteiger partial charge < -0.3 is 14.2 Å². The Hall–Kier alpha value is -0.610. The largest absolute Gasteiger partial charge is 0.459 e. The van der Waals surface area contributed by atoms with Crippen LogP contribution in [-0.4, -0.2) is 30.1 Å². The minimum atomic E-state index is -0.510. The van der Waals surface area contributed by atoms with E-state index in [0.29, 0.717) is 19.4 Å². The maximum atomic E-state index is 11.1. The van der Waals surface area contributed by atoms with Gasteiger partial charge in [-0.25, -0.2) is 0 Å². The van der Waals surface area contributed by atoms with Crippen molar-refractivity contribution in [3.05, 3.63) is 0 Å². The molecule has 0 aromatic heterocycles. The van der Waals surface area contributed by atoms with Crippen LogP contribution in [0.1, 0.15) is 26.2 Å². The normalized spacial score (nSPS) is 53.3. The van der Waals surface area contributed by atoms with Crippen LogP contribution in [0.5, 0.6) is 0 Å². The second-order valence-corrected chi connectivity index (χ2v) is 4.26. The Bertz CT molecular complexity index is 277. The highest BCUT2D eigenvalue weighted by atomic mass is 16.7. The zero-order valence-electron chi connectivity index (χ0n) is 7.54. The topological polar surface area (TPSA) is 44.8 Å². The molecule has 72 valence electrons. The van der Waals surface area contributed by atoms with Crippen LogP contribution >= 0.6 is 0 Å². The lowest BCUT2D eigenvalue weighted by Gasteiger charge is -2.35. The molecule has 3 rings (SSSR count). The molecule has 3 atom stereocenters. The summed E-state index contributed by atoms with van der Waals surface area (Å²) in [6.07, 6.45) is 1.78. The second-order valence-electron chi connectivity index (χ2n) is 4.26. The van der Waals surface area contributed by atoms with Gasteiger partial charge in [-0.15, -0.1) is 0 Å². The standard InChI is InChI=1S/C9H12O4/c1-8-4-6-9(13-8,2-3-11-8)5-7(10)12-6/h6H,2-5H2,1H3/t6-,8+,9-/m0/s1. The van der Waals surface area contributed by atoms with Crippen molar-refractivity contribution in [1.82, 2.24) is 0 Å². The van der Waals surface area contributed by atoms with E-state index in [9.17, 15) is 4.79 Å². The third kappa shape index (κ3) is 0.901. The monoisotopic (exact) mass is 184 g/mol. The van der Waals surface area contributed by atoms with Crippen LogP contribution < -0.4 is 0 Å². The fourth-order valence-electron chi connectivity index (χ4n) is 2.63. The van der Waals surface area contributed by atoms with E-state index in [0.717, 1.165) is 6.42 Å². The summed E-state index contributed by atoms with van der Waals surface area (Å²) in [5.41, 5.74) is -0.357. The Kier molecular flexibility index (Phi) is 1.23. The molecule has 0 aromatic carbocycles. The molecule has 3 aliphatic rings. The van der Waals surface area contributed by atoms with E-state index in [1.807, 2.05) is 6.92 Å². The molecule has 4 heteroatoms. The highest BCUT2D eigenvalue weighted by Crippen LogP contribution is 2.51. The van der Waals surface area contributed by atoms with E-state index < -0.39 is 5.79 Å². The Morgan fingerprint density at radius 3 is 3.23 bits per heavy atom. The molecule has 3 heterocycles. The van der Waals surface area contributed by atoms with Crippen molar-refractivity contribution in [1.29, 1.82) is 0 Å². The summed E-state index contributed by atoms with van der Waals surface area (Å²) in [7, 11) is 0. The van der Waals surface area contributed by atoms with Crippen LogP contribution in [0, 0.1) is 0 Å². The van der Waals surface area contributed by atoms with Crippen LogP contribution in [0.25, 0.3) is 0 Å².